The van der Waals surface area contributed by atoms with Crippen LogP contribution in [0.2, 0.25) is 0 Å². The molecule has 0 aliphatic heterocycles. The molecule has 5 rings (SSSR count). The fourth-order valence-electron chi connectivity index (χ4n) is 3.93. The number of esters is 1. The predicted molar refractivity (Wildman–Crippen MR) is 98.0 cm³/mol. The lowest BCUT2D eigenvalue weighted by molar-refractivity contribution is 0.0516. The maximum atomic E-state index is 13.3. The van der Waals surface area contributed by atoms with Gasteiger partial charge in [-0.2, -0.15) is 0 Å². The van der Waals surface area contributed by atoms with Gasteiger partial charge in [-0.1, -0.05) is 29.8 Å². The van der Waals surface area contributed by atoms with Gasteiger partial charge in [0.05, 0.1) is 11.5 Å². The summed E-state index contributed by atoms with van der Waals surface area (Å²) < 4.78 is 32.9. The first-order chi connectivity index (χ1) is 12.4. The second-order valence-corrected chi connectivity index (χ2v) is 8.67. The fourth-order valence-corrected chi connectivity index (χ4v) is 5.31. The van der Waals surface area contributed by atoms with E-state index >= 15 is 0 Å². The van der Waals surface area contributed by atoms with Gasteiger partial charge in [0, 0.05) is 18.0 Å². The molecular formula is C20H21NO4S. The Balaban J connectivity index is 1.93. The fraction of sp³-hybridized carbons (Fsp3) is 0.350. The molecule has 0 saturated carbocycles. The normalized spacial score (nSPS) is 20.8. The average molecular weight is 371 g/mol. The Bertz CT molecular complexity index is 999. The molecule has 3 aliphatic carbocycles. The monoisotopic (exact) mass is 371 g/mol. The molecule has 1 aromatic heterocycles. The van der Waals surface area contributed by atoms with Gasteiger partial charge in [0.2, 0.25) is 0 Å². The zero-order valence-corrected chi connectivity index (χ0v) is 15.6. The molecule has 2 aromatic rings. The van der Waals surface area contributed by atoms with Crippen molar-refractivity contribution in [2.75, 3.05) is 6.61 Å². The summed E-state index contributed by atoms with van der Waals surface area (Å²) in [4.78, 5) is 12.8. The van der Waals surface area contributed by atoms with Crippen LogP contribution in [0.5, 0.6) is 0 Å². The third-order valence-corrected chi connectivity index (χ3v) is 6.90. The minimum Gasteiger partial charge on any atom is -0.461 e. The number of ether oxygens (including phenoxy) is 1. The van der Waals surface area contributed by atoms with E-state index in [0.717, 1.165) is 33.5 Å². The summed E-state index contributed by atoms with van der Waals surface area (Å²) in [6.07, 6.45) is 7.73. The molecule has 0 spiro atoms. The molecular weight excluding hydrogens is 350 g/mol. The average Bonchev–Trinajstić information content (AvgIpc) is 3.07. The first-order valence-electron chi connectivity index (χ1n) is 8.86. The van der Waals surface area contributed by atoms with E-state index in [1.165, 1.54) is 0 Å². The van der Waals surface area contributed by atoms with Gasteiger partial charge in [-0.05, 0) is 49.9 Å². The molecule has 136 valence electrons. The smallest absolute Gasteiger partial charge is 0.356 e. The lowest BCUT2D eigenvalue weighted by atomic mass is 9.72. The van der Waals surface area contributed by atoms with Crippen LogP contribution in [0.4, 0.5) is 0 Å². The first-order valence-corrected chi connectivity index (χ1v) is 10.3. The molecule has 0 radical (unpaired) electrons. The largest absolute Gasteiger partial charge is 0.461 e. The summed E-state index contributed by atoms with van der Waals surface area (Å²) in [5.41, 5.74) is 2.88. The summed E-state index contributed by atoms with van der Waals surface area (Å²) in [5.74, 6) is -0.341. The highest BCUT2D eigenvalue weighted by atomic mass is 32.2. The number of allylic oxidation sites excluding steroid dienone is 2. The van der Waals surface area contributed by atoms with Gasteiger partial charge < -0.3 is 4.74 Å². The van der Waals surface area contributed by atoms with Crippen LogP contribution in [0.15, 0.2) is 47.5 Å². The number of fused-ring (bicyclic) bond motifs is 1. The van der Waals surface area contributed by atoms with Crippen molar-refractivity contribution in [2.45, 2.75) is 43.4 Å². The van der Waals surface area contributed by atoms with E-state index in [-0.39, 0.29) is 29.0 Å². The van der Waals surface area contributed by atoms with Crippen LogP contribution in [0.1, 0.15) is 58.8 Å². The summed E-state index contributed by atoms with van der Waals surface area (Å²) in [7, 11) is -3.87. The first kappa shape index (κ1) is 17.1. The van der Waals surface area contributed by atoms with Gasteiger partial charge in [-0.15, -0.1) is 0 Å². The standard InChI is InChI=1S/C20H21NO4S/c1-3-25-20(22)19-18-15-8-6-14(7-9-15)17(18)12-21(19)26(23,24)16-10-4-13(2)5-11-16/h4-6,8,10-12,14-15H,3,7,9H2,1-2H3. The Morgan fingerprint density at radius 2 is 1.81 bits per heavy atom. The Morgan fingerprint density at radius 1 is 1.15 bits per heavy atom. The minimum atomic E-state index is -3.87. The molecule has 1 aromatic carbocycles. The number of carbonyl (C=O) groups is 1. The molecule has 3 aliphatic rings. The third-order valence-electron chi connectivity index (χ3n) is 5.22. The number of aromatic nitrogens is 1. The number of hydrogen-bond acceptors (Lipinski definition) is 4. The van der Waals surface area contributed by atoms with Gasteiger partial charge in [0.15, 0.2) is 0 Å². The summed E-state index contributed by atoms with van der Waals surface area (Å²) in [5, 5.41) is 0. The van der Waals surface area contributed by atoms with Crippen LogP contribution < -0.4 is 0 Å². The quantitative estimate of drug-likeness (QED) is 0.607. The van der Waals surface area contributed by atoms with Crippen molar-refractivity contribution >= 4 is 16.0 Å². The topological polar surface area (TPSA) is 65.4 Å². The number of carbonyl (C=O) groups excluding carboxylic acids is 1. The molecule has 5 nitrogen and oxygen atoms in total. The molecule has 0 amide bonds. The van der Waals surface area contributed by atoms with E-state index in [2.05, 4.69) is 12.2 Å². The molecule has 2 bridgehead atoms. The Morgan fingerprint density at radius 3 is 2.42 bits per heavy atom. The molecule has 6 heteroatoms. The van der Waals surface area contributed by atoms with E-state index in [9.17, 15) is 13.2 Å². The molecule has 2 unspecified atom stereocenters. The highest BCUT2D eigenvalue weighted by Crippen LogP contribution is 2.47. The predicted octanol–water partition coefficient (Wildman–Crippen LogP) is 3.74. The Kier molecular flexibility index (Phi) is 4.03. The van der Waals surface area contributed by atoms with E-state index < -0.39 is 16.0 Å². The minimum absolute atomic E-state index is 0.0730. The van der Waals surface area contributed by atoms with Crippen LogP contribution in [-0.2, 0) is 14.8 Å². The summed E-state index contributed by atoms with van der Waals surface area (Å²) in [6.45, 7) is 3.82. The van der Waals surface area contributed by atoms with Crippen LogP contribution in [0.25, 0.3) is 0 Å². The molecule has 2 atom stereocenters. The molecule has 26 heavy (non-hydrogen) atoms. The molecule has 0 fully saturated rings. The van der Waals surface area contributed by atoms with E-state index in [1.807, 2.05) is 6.92 Å². The highest BCUT2D eigenvalue weighted by Gasteiger charge is 2.39. The number of benzene rings is 1. The van der Waals surface area contributed by atoms with Crippen LogP contribution in [-0.4, -0.2) is 25.0 Å². The molecule has 1 heterocycles. The van der Waals surface area contributed by atoms with Crippen molar-refractivity contribution in [3.63, 3.8) is 0 Å². The maximum Gasteiger partial charge on any atom is 0.356 e. The van der Waals surface area contributed by atoms with Gasteiger partial charge in [0.25, 0.3) is 10.0 Å². The lowest BCUT2D eigenvalue weighted by Gasteiger charge is -2.31. The summed E-state index contributed by atoms with van der Waals surface area (Å²) >= 11 is 0. The second-order valence-electron chi connectivity index (χ2n) is 6.86. The Hall–Kier alpha value is -2.34. The van der Waals surface area contributed by atoms with Crippen LogP contribution in [0.3, 0.4) is 0 Å². The van der Waals surface area contributed by atoms with E-state index in [0.29, 0.717) is 0 Å². The van der Waals surface area contributed by atoms with Gasteiger partial charge in [-0.3, -0.25) is 0 Å². The SMILES string of the molecule is CCOC(=O)c1c2c(cn1S(=O)(=O)c1ccc(C)cc1)C1C=CC2CC1. The molecule has 0 saturated heterocycles. The van der Waals surface area contributed by atoms with Gasteiger partial charge >= 0.3 is 5.97 Å². The zero-order chi connectivity index (χ0) is 18.5. The van der Waals surface area contributed by atoms with Crippen molar-refractivity contribution in [3.05, 3.63) is 65.0 Å². The van der Waals surface area contributed by atoms with Crippen molar-refractivity contribution in [1.29, 1.82) is 0 Å². The Labute approximate surface area is 153 Å². The number of hydrogen-bond donors (Lipinski definition) is 0. The lowest BCUT2D eigenvalue weighted by Crippen LogP contribution is -2.22. The van der Waals surface area contributed by atoms with Crippen molar-refractivity contribution < 1.29 is 17.9 Å². The number of aryl methyl sites for hydroxylation is 1. The van der Waals surface area contributed by atoms with Crippen molar-refractivity contribution in [3.8, 4) is 0 Å². The van der Waals surface area contributed by atoms with Crippen LogP contribution in [0, 0.1) is 6.92 Å². The van der Waals surface area contributed by atoms with Gasteiger partial charge in [-0.25, -0.2) is 17.2 Å². The third kappa shape index (κ3) is 2.51. The van der Waals surface area contributed by atoms with Crippen molar-refractivity contribution in [1.82, 2.24) is 3.97 Å². The second kappa shape index (κ2) is 6.13. The van der Waals surface area contributed by atoms with Gasteiger partial charge in [0.1, 0.15) is 5.69 Å². The van der Waals surface area contributed by atoms with E-state index in [4.69, 9.17) is 4.74 Å². The molecule has 0 N–H and O–H groups in total. The maximum absolute atomic E-state index is 13.3. The van der Waals surface area contributed by atoms with E-state index in [1.54, 1.807) is 37.4 Å². The zero-order valence-electron chi connectivity index (χ0n) is 14.8. The van der Waals surface area contributed by atoms with Crippen LogP contribution >= 0.6 is 0 Å². The highest BCUT2D eigenvalue weighted by molar-refractivity contribution is 7.90. The van der Waals surface area contributed by atoms with Crippen molar-refractivity contribution in [2.24, 2.45) is 0 Å². The number of nitrogens with zero attached hydrogens (tertiary/aromatic N) is 1. The summed E-state index contributed by atoms with van der Waals surface area (Å²) in [6, 6.07) is 6.66. The number of rotatable bonds is 4.